The molecule has 3 nitrogen and oxygen atoms in total. The topological polar surface area (TPSA) is 42.3 Å². The molecule has 3 heteroatoms. The van der Waals surface area contributed by atoms with Crippen LogP contribution in [0.5, 0.6) is 0 Å². The maximum Gasteiger partial charge on any atom is 0.193 e. The first-order valence-electron chi connectivity index (χ1n) is 13.1. The average Bonchev–Trinajstić information content (AvgIpc) is 3.00. The molecule has 5 rings (SSSR count). The normalized spacial score (nSPS) is 11.6. The van der Waals surface area contributed by atoms with Crippen molar-refractivity contribution in [1.29, 1.82) is 0 Å². The number of hydrogen-bond acceptors (Lipinski definition) is 3. The molecule has 0 aliphatic carbocycles. The van der Waals surface area contributed by atoms with Gasteiger partial charge in [0.25, 0.3) is 0 Å². The van der Waals surface area contributed by atoms with Crippen LogP contribution in [0.4, 0.5) is 0 Å². The summed E-state index contributed by atoms with van der Waals surface area (Å²) in [4.78, 5) is 22.8. The maximum absolute atomic E-state index is 13.7. The van der Waals surface area contributed by atoms with Crippen molar-refractivity contribution in [3.05, 3.63) is 144 Å². The van der Waals surface area contributed by atoms with Crippen LogP contribution in [0.3, 0.4) is 0 Å². The predicted octanol–water partition coefficient (Wildman–Crippen LogP) is 9.07. The van der Waals surface area contributed by atoms with E-state index in [0.29, 0.717) is 11.1 Å². The molecule has 1 aromatic heterocycles. The molecule has 4 aromatic carbocycles. The summed E-state index contributed by atoms with van der Waals surface area (Å²) in [5, 5.41) is 0. The number of carbonyl (C=O) groups is 1. The van der Waals surface area contributed by atoms with E-state index >= 15 is 0 Å². The van der Waals surface area contributed by atoms with Crippen molar-refractivity contribution in [1.82, 2.24) is 4.98 Å². The van der Waals surface area contributed by atoms with E-state index in [1.807, 2.05) is 93.6 Å². The largest absolute Gasteiger partial charge is 0.289 e. The van der Waals surface area contributed by atoms with Crippen LogP contribution in [0.25, 0.3) is 39.2 Å². The van der Waals surface area contributed by atoms with Crippen molar-refractivity contribution in [3.8, 4) is 33.5 Å². The third kappa shape index (κ3) is 5.83. The molecule has 5 aromatic rings. The molecule has 0 bridgehead atoms. The summed E-state index contributed by atoms with van der Waals surface area (Å²) in [6.45, 7) is 5.91. The fourth-order valence-electron chi connectivity index (χ4n) is 4.75. The van der Waals surface area contributed by atoms with Crippen molar-refractivity contribution in [2.24, 2.45) is 4.99 Å². The lowest BCUT2D eigenvalue weighted by molar-refractivity contribution is 0.103. The number of pyridine rings is 1. The molecule has 0 atom stereocenters. The first-order valence-corrected chi connectivity index (χ1v) is 13.1. The Labute approximate surface area is 230 Å². The Morgan fingerprint density at radius 1 is 0.641 bits per heavy atom. The number of nitrogens with zero attached hydrogens (tertiary/aromatic N) is 2. The Hall–Kier alpha value is -4.89. The van der Waals surface area contributed by atoms with Gasteiger partial charge in [0, 0.05) is 34.7 Å². The number of carbonyl (C=O) groups excluding carboxylic acids is 1. The standard InChI is InChI=1S/C36H30N2O/c1-4-34(37-5-2)28-14-9-12-26(20-28)31-22-32(24-33(23-31)36(39)30-16-8-11-25(3)19-30)27-13-10-15-29(21-27)35-17-6-7-18-38-35/h4-24H,1-3H3/b34-4-,37-5?. The highest BCUT2D eigenvalue weighted by Crippen LogP contribution is 2.33. The molecule has 0 aliphatic rings. The number of allylic oxidation sites excluding steroid dienone is 1. The number of aryl methyl sites for hydroxylation is 1. The molecule has 0 N–H and O–H groups in total. The van der Waals surface area contributed by atoms with Gasteiger partial charge in [-0.2, -0.15) is 0 Å². The maximum atomic E-state index is 13.7. The van der Waals surface area contributed by atoms with Gasteiger partial charge in [0.05, 0.1) is 11.4 Å². The van der Waals surface area contributed by atoms with Crippen LogP contribution in [0.2, 0.25) is 0 Å². The molecule has 0 fully saturated rings. The van der Waals surface area contributed by atoms with E-state index in [1.54, 1.807) is 12.4 Å². The van der Waals surface area contributed by atoms with E-state index < -0.39 is 0 Å². The fourth-order valence-corrected chi connectivity index (χ4v) is 4.75. The molecule has 0 saturated carbocycles. The van der Waals surface area contributed by atoms with Gasteiger partial charge in [-0.25, -0.2) is 0 Å². The van der Waals surface area contributed by atoms with E-state index in [1.165, 1.54) is 0 Å². The summed E-state index contributed by atoms with van der Waals surface area (Å²) < 4.78 is 0. The third-order valence-electron chi connectivity index (χ3n) is 6.67. The van der Waals surface area contributed by atoms with Gasteiger partial charge in [-0.3, -0.25) is 14.8 Å². The van der Waals surface area contributed by atoms with Gasteiger partial charge in [0.15, 0.2) is 5.78 Å². The fraction of sp³-hybridized carbons (Fsp3) is 0.0833. The molecule has 0 radical (unpaired) electrons. The van der Waals surface area contributed by atoms with Crippen molar-refractivity contribution >= 4 is 17.7 Å². The molecule has 1 heterocycles. The SMILES string of the molecule is CC=N/C(=C\C)c1cccc(-c2cc(C(=O)c3cccc(C)c3)cc(-c3cccc(-c4ccccn4)c3)c2)c1. The van der Waals surface area contributed by atoms with Gasteiger partial charge in [0.1, 0.15) is 0 Å². The van der Waals surface area contributed by atoms with Crippen LogP contribution in [-0.4, -0.2) is 17.0 Å². The van der Waals surface area contributed by atoms with Crippen LogP contribution in [0.15, 0.2) is 126 Å². The number of ketones is 1. The van der Waals surface area contributed by atoms with Gasteiger partial charge < -0.3 is 0 Å². The Morgan fingerprint density at radius 3 is 1.97 bits per heavy atom. The molecular weight excluding hydrogens is 476 g/mol. The monoisotopic (exact) mass is 506 g/mol. The van der Waals surface area contributed by atoms with E-state index in [0.717, 1.165) is 50.3 Å². The zero-order chi connectivity index (χ0) is 27.2. The van der Waals surface area contributed by atoms with Crippen LogP contribution in [0, 0.1) is 6.92 Å². The zero-order valence-corrected chi connectivity index (χ0v) is 22.4. The predicted molar refractivity (Wildman–Crippen MR) is 163 cm³/mol. The molecule has 0 amide bonds. The van der Waals surface area contributed by atoms with Gasteiger partial charge in [0.2, 0.25) is 0 Å². The number of aliphatic imine (C=N–C) groups is 1. The average molecular weight is 507 g/mol. The molecule has 0 aliphatic heterocycles. The van der Waals surface area contributed by atoms with Gasteiger partial charge in [-0.1, -0.05) is 72.3 Å². The van der Waals surface area contributed by atoms with Crippen molar-refractivity contribution in [3.63, 3.8) is 0 Å². The minimum atomic E-state index is 0.00330. The summed E-state index contributed by atoms with van der Waals surface area (Å²) in [6.07, 6.45) is 5.61. The summed E-state index contributed by atoms with van der Waals surface area (Å²) >= 11 is 0. The molecule has 190 valence electrons. The lowest BCUT2D eigenvalue weighted by Crippen LogP contribution is -2.02. The lowest BCUT2D eigenvalue weighted by atomic mass is 9.91. The van der Waals surface area contributed by atoms with Gasteiger partial charge >= 0.3 is 0 Å². The van der Waals surface area contributed by atoms with Crippen LogP contribution in [-0.2, 0) is 0 Å². The quantitative estimate of drug-likeness (QED) is 0.163. The van der Waals surface area contributed by atoms with E-state index in [2.05, 4.69) is 52.4 Å². The first kappa shape index (κ1) is 25.7. The number of rotatable bonds is 7. The Bertz CT molecular complexity index is 1700. The van der Waals surface area contributed by atoms with Crippen molar-refractivity contribution in [2.75, 3.05) is 0 Å². The summed E-state index contributed by atoms with van der Waals surface area (Å²) in [7, 11) is 0. The number of benzene rings is 4. The van der Waals surface area contributed by atoms with Crippen LogP contribution in [0.1, 0.15) is 40.9 Å². The smallest absolute Gasteiger partial charge is 0.193 e. The highest BCUT2D eigenvalue weighted by atomic mass is 16.1. The number of hydrogen-bond donors (Lipinski definition) is 0. The minimum absolute atomic E-state index is 0.00330. The molecule has 0 unspecified atom stereocenters. The van der Waals surface area contributed by atoms with Crippen molar-refractivity contribution < 1.29 is 4.79 Å². The highest BCUT2D eigenvalue weighted by molar-refractivity contribution is 6.10. The van der Waals surface area contributed by atoms with Gasteiger partial charge in [-0.05, 0) is 91.6 Å². The van der Waals surface area contributed by atoms with Gasteiger partial charge in [-0.15, -0.1) is 0 Å². The first-order chi connectivity index (χ1) is 19.1. The molecule has 0 saturated heterocycles. The minimum Gasteiger partial charge on any atom is -0.289 e. The van der Waals surface area contributed by atoms with E-state index in [9.17, 15) is 4.79 Å². The molecular formula is C36H30N2O. The molecule has 39 heavy (non-hydrogen) atoms. The van der Waals surface area contributed by atoms with E-state index in [-0.39, 0.29) is 5.78 Å². The lowest BCUT2D eigenvalue weighted by Gasteiger charge is -2.13. The summed E-state index contributed by atoms with van der Waals surface area (Å²) in [5.74, 6) is 0.00330. The number of aromatic nitrogens is 1. The Morgan fingerprint density at radius 2 is 1.28 bits per heavy atom. The van der Waals surface area contributed by atoms with Crippen LogP contribution < -0.4 is 0 Å². The summed E-state index contributed by atoms with van der Waals surface area (Å²) in [5.41, 5.74) is 10.3. The highest BCUT2D eigenvalue weighted by Gasteiger charge is 2.15. The van der Waals surface area contributed by atoms with Crippen molar-refractivity contribution in [2.45, 2.75) is 20.8 Å². The Kier molecular flexibility index (Phi) is 7.70. The van der Waals surface area contributed by atoms with E-state index in [4.69, 9.17) is 0 Å². The second-order valence-electron chi connectivity index (χ2n) is 9.44. The Balaban J connectivity index is 1.66. The summed E-state index contributed by atoms with van der Waals surface area (Å²) in [6, 6.07) is 36.4. The third-order valence-corrected chi connectivity index (χ3v) is 6.67. The second-order valence-corrected chi connectivity index (χ2v) is 9.44. The van der Waals surface area contributed by atoms with Crippen LogP contribution >= 0.6 is 0 Å². The zero-order valence-electron chi connectivity index (χ0n) is 22.4. The second kappa shape index (κ2) is 11.7. The molecule has 0 spiro atoms.